The van der Waals surface area contributed by atoms with Gasteiger partial charge in [0.15, 0.2) is 0 Å². The van der Waals surface area contributed by atoms with Gasteiger partial charge in [-0.1, -0.05) is 54.6 Å². The summed E-state index contributed by atoms with van der Waals surface area (Å²) in [6.07, 6.45) is 6.95. The molecule has 2 aromatic carbocycles. The van der Waals surface area contributed by atoms with Crippen molar-refractivity contribution in [3.8, 4) is 0 Å². The zero-order chi connectivity index (χ0) is 23.0. The summed E-state index contributed by atoms with van der Waals surface area (Å²) in [6, 6.07) is 13.0. The molecule has 2 aromatic rings. The van der Waals surface area contributed by atoms with Gasteiger partial charge < -0.3 is 10.1 Å². The summed E-state index contributed by atoms with van der Waals surface area (Å²) in [5.41, 5.74) is 1.29. The quantitative estimate of drug-likeness (QED) is 0.502. The summed E-state index contributed by atoms with van der Waals surface area (Å²) in [5, 5.41) is 3.21. The third kappa shape index (κ3) is 6.95. The minimum absolute atomic E-state index is 0.122. The number of anilines is 1. The number of aryl methyl sites for hydroxylation is 1. The van der Waals surface area contributed by atoms with E-state index >= 15 is 0 Å². The summed E-state index contributed by atoms with van der Waals surface area (Å²) in [5.74, 6) is -0.377. The summed E-state index contributed by atoms with van der Waals surface area (Å²) >= 11 is 6.09. The number of carbonyl (C=O) groups excluding carboxylic acids is 1. The Morgan fingerprint density at radius 3 is 2.53 bits per heavy atom. The van der Waals surface area contributed by atoms with Crippen LogP contribution >= 0.6 is 11.6 Å². The predicted octanol–water partition coefficient (Wildman–Crippen LogP) is 4.70. The Labute approximate surface area is 196 Å². The van der Waals surface area contributed by atoms with E-state index in [1.807, 2.05) is 6.92 Å². The molecule has 0 aliphatic heterocycles. The van der Waals surface area contributed by atoms with Crippen LogP contribution in [0, 0.1) is 6.92 Å². The largest absolute Gasteiger partial charge is 0.378 e. The number of halogens is 1. The normalized spacial score (nSPS) is 14.8. The van der Waals surface area contributed by atoms with E-state index in [-0.39, 0.29) is 17.3 Å². The van der Waals surface area contributed by atoms with Crippen molar-refractivity contribution in [1.29, 1.82) is 0 Å². The van der Waals surface area contributed by atoms with Crippen molar-refractivity contribution in [3.05, 3.63) is 59.1 Å². The van der Waals surface area contributed by atoms with Gasteiger partial charge in [-0.2, -0.15) is 0 Å². The molecule has 174 valence electrons. The van der Waals surface area contributed by atoms with E-state index in [1.54, 1.807) is 48.5 Å². The minimum Gasteiger partial charge on any atom is -0.378 e. The number of benzene rings is 2. The summed E-state index contributed by atoms with van der Waals surface area (Å²) in [7, 11) is -3.94. The third-order valence-corrected chi connectivity index (χ3v) is 7.56. The van der Waals surface area contributed by atoms with Gasteiger partial charge in [-0.3, -0.25) is 9.10 Å². The van der Waals surface area contributed by atoms with Gasteiger partial charge in [0.25, 0.3) is 10.0 Å². The highest BCUT2D eigenvalue weighted by molar-refractivity contribution is 7.92. The molecule has 0 saturated heterocycles. The molecule has 6 nitrogen and oxygen atoms in total. The second kappa shape index (κ2) is 11.7. The van der Waals surface area contributed by atoms with Crippen molar-refractivity contribution >= 4 is 33.2 Å². The van der Waals surface area contributed by atoms with Gasteiger partial charge in [-0.15, -0.1) is 0 Å². The van der Waals surface area contributed by atoms with Crippen molar-refractivity contribution in [3.63, 3.8) is 0 Å². The van der Waals surface area contributed by atoms with Crippen molar-refractivity contribution in [2.75, 3.05) is 24.0 Å². The first kappa shape index (κ1) is 24.6. The maximum atomic E-state index is 13.3. The molecule has 3 rings (SSSR count). The summed E-state index contributed by atoms with van der Waals surface area (Å²) in [4.78, 5) is 12.7. The van der Waals surface area contributed by atoms with E-state index in [1.165, 1.54) is 19.3 Å². The maximum Gasteiger partial charge on any atom is 0.264 e. The van der Waals surface area contributed by atoms with Crippen molar-refractivity contribution in [2.45, 2.75) is 56.4 Å². The second-order valence-electron chi connectivity index (χ2n) is 8.14. The van der Waals surface area contributed by atoms with Gasteiger partial charge >= 0.3 is 0 Å². The molecular formula is C24H31ClN2O4S. The van der Waals surface area contributed by atoms with E-state index < -0.39 is 10.0 Å². The number of nitrogens with one attached hydrogen (secondary N) is 1. The molecule has 8 heteroatoms. The molecule has 1 fully saturated rings. The fourth-order valence-corrected chi connectivity index (χ4v) is 5.35. The van der Waals surface area contributed by atoms with E-state index in [9.17, 15) is 13.2 Å². The van der Waals surface area contributed by atoms with E-state index in [2.05, 4.69) is 5.32 Å². The van der Waals surface area contributed by atoms with E-state index in [4.69, 9.17) is 16.3 Å². The van der Waals surface area contributed by atoms with Crippen LogP contribution in [0.1, 0.15) is 44.1 Å². The lowest BCUT2D eigenvalue weighted by Crippen LogP contribution is -2.41. The van der Waals surface area contributed by atoms with Crippen LogP contribution < -0.4 is 9.62 Å². The molecule has 0 atom stereocenters. The van der Waals surface area contributed by atoms with Gasteiger partial charge in [0.05, 0.1) is 16.7 Å². The summed E-state index contributed by atoms with van der Waals surface area (Å²) < 4.78 is 33.6. The molecule has 1 saturated carbocycles. The standard InChI is InChI=1S/C24H31ClN2O4S/c1-19-11-13-23(14-12-19)32(29,30)27(21-8-5-7-20(25)17-21)18-24(28)26-15-6-16-31-22-9-3-2-4-10-22/h5,7-8,11-14,17,22H,2-4,6,9-10,15-16,18H2,1H3,(H,26,28). The van der Waals surface area contributed by atoms with Crippen LogP contribution in [0.15, 0.2) is 53.4 Å². The highest BCUT2D eigenvalue weighted by Gasteiger charge is 2.27. The molecule has 0 radical (unpaired) electrons. The van der Waals surface area contributed by atoms with Crippen molar-refractivity contribution < 1.29 is 17.9 Å². The van der Waals surface area contributed by atoms with Crippen LogP contribution in [0.25, 0.3) is 0 Å². The van der Waals surface area contributed by atoms with Crippen molar-refractivity contribution in [1.82, 2.24) is 5.32 Å². The molecule has 0 bridgehead atoms. The molecule has 1 N–H and O–H groups in total. The number of amides is 1. The number of hydrogen-bond donors (Lipinski definition) is 1. The first-order valence-electron chi connectivity index (χ1n) is 11.1. The lowest BCUT2D eigenvalue weighted by Gasteiger charge is -2.24. The smallest absolute Gasteiger partial charge is 0.264 e. The molecule has 1 aliphatic rings. The molecule has 0 heterocycles. The molecule has 0 spiro atoms. The van der Waals surface area contributed by atoms with Gasteiger partial charge in [-0.05, 0) is 56.5 Å². The number of sulfonamides is 1. The lowest BCUT2D eigenvalue weighted by molar-refractivity contribution is -0.119. The minimum atomic E-state index is -3.94. The molecule has 0 unspecified atom stereocenters. The Morgan fingerprint density at radius 2 is 1.84 bits per heavy atom. The predicted molar refractivity (Wildman–Crippen MR) is 128 cm³/mol. The SMILES string of the molecule is Cc1ccc(S(=O)(=O)N(CC(=O)NCCCOC2CCCCC2)c2cccc(Cl)c2)cc1. The first-order valence-corrected chi connectivity index (χ1v) is 12.9. The fraction of sp³-hybridized carbons (Fsp3) is 0.458. The Morgan fingerprint density at radius 1 is 1.12 bits per heavy atom. The number of hydrogen-bond acceptors (Lipinski definition) is 4. The Kier molecular flexibility index (Phi) is 8.96. The first-order chi connectivity index (χ1) is 15.4. The fourth-order valence-electron chi connectivity index (χ4n) is 3.75. The maximum absolute atomic E-state index is 13.3. The Hall–Kier alpha value is -2.09. The molecule has 32 heavy (non-hydrogen) atoms. The number of rotatable bonds is 10. The van der Waals surface area contributed by atoms with E-state index in [0.717, 1.165) is 22.7 Å². The Balaban J connectivity index is 1.62. The van der Waals surface area contributed by atoms with Crippen molar-refractivity contribution in [2.24, 2.45) is 0 Å². The number of nitrogens with zero attached hydrogens (tertiary/aromatic N) is 1. The van der Waals surface area contributed by atoms with Crippen LogP contribution in [-0.4, -0.2) is 40.1 Å². The second-order valence-corrected chi connectivity index (χ2v) is 10.4. The molecule has 1 aliphatic carbocycles. The topological polar surface area (TPSA) is 75.7 Å². The average Bonchev–Trinajstić information content (AvgIpc) is 2.78. The van der Waals surface area contributed by atoms with Crippen LogP contribution in [0.4, 0.5) is 5.69 Å². The van der Waals surface area contributed by atoms with Crippen LogP contribution in [0.5, 0.6) is 0 Å². The molecule has 1 amide bonds. The van der Waals surface area contributed by atoms with Gasteiger partial charge in [0, 0.05) is 18.2 Å². The lowest BCUT2D eigenvalue weighted by atomic mass is 9.98. The average molecular weight is 479 g/mol. The van der Waals surface area contributed by atoms with Crippen LogP contribution in [-0.2, 0) is 19.6 Å². The highest BCUT2D eigenvalue weighted by Crippen LogP contribution is 2.26. The monoisotopic (exact) mass is 478 g/mol. The highest BCUT2D eigenvalue weighted by atomic mass is 35.5. The van der Waals surface area contributed by atoms with Crippen LogP contribution in [0.3, 0.4) is 0 Å². The van der Waals surface area contributed by atoms with Gasteiger partial charge in [0.2, 0.25) is 5.91 Å². The number of ether oxygens (including phenoxy) is 1. The van der Waals surface area contributed by atoms with Gasteiger partial charge in [0.1, 0.15) is 6.54 Å². The number of carbonyl (C=O) groups is 1. The molecular weight excluding hydrogens is 448 g/mol. The summed E-state index contributed by atoms with van der Waals surface area (Å²) in [6.45, 7) is 2.57. The third-order valence-electron chi connectivity index (χ3n) is 5.54. The van der Waals surface area contributed by atoms with Gasteiger partial charge in [-0.25, -0.2) is 8.42 Å². The zero-order valence-corrected chi connectivity index (χ0v) is 20.0. The van der Waals surface area contributed by atoms with E-state index in [0.29, 0.717) is 36.4 Å². The van der Waals surface area contributed by atoms with Crippen LogP contribution in [0.2, 0.25) is 5.02 Å². The zero-order valence-electron chi connectivity index (χ0n) is 18.4. The molecule has 0 aromatic heterocycles. The Bertz CT molecular complexity index is 989.